The molecule has 2 amide bonds. The second-order valence-corrected chi connectivity index (χ2v) is 9.36. The Bertz CT molecular complexity index is 1170. The van der Waals surface area contributed by atoms with Crippen LogP contribution in [0.1, 0.15) is 39.9 Å². The van der Waals surface area contributed by atoms with Crippen LogP contribution in [0.4, 0.5) is 18.9 Å². The molecule has 0 saturated carbocycles. The van der Waals surface area contributed by atoms with Crippen LogP contribution >= 0.6 is 0 Å². The van der Waals surface area contributed by atoms with Crippen molar-refractivity contribution in [2.24, 2.45) is 23.5 Å². The van der Waals surface area contributed by atoms with Crippen LogP contribution < -0.4 is 10.6 Å². The summed E-state index contributed by atoms with van der Waals surface area (Å²) in [5, 5.41) is 9.06. The minimum atomic E-state index is -4.65. The van der Waals surface area contributed by atoms with E-state index in [1.54, 1.807) is 11.0 Å². The number of rotatable bonds is 4. The van der Waals surface area contributed by atoms with Gasteiger partial charge in [-0.2, -0.15) is 18.4 Å². The molecule has 2 aromatic rings. The second-order valence-electron chi connectivity index (χ2n) is 9.36. The summed E-state index contributed by atoms with van der Waals surface area (Å²) in [7, 11) is 0. The van der Waals surface area contributed by atoms with Crippen molar-refractivity contribution in [3.63, 3.8) is 0 Å². The zero-order valence-corrected chi connectivity index (χ0v) is 19.4. The van der Waals surface area contributed by atoms with Crippen LogP contribution in [0.15, 0.2) is 42.5 Å². The van der Waals surface area contributed by atoms with Crippen LogP contribution in [0.2, 0.25) is 0 Å². The number of amides is 2. The highest BCUT2D eigenvalue weighted by Gasteiger charge is 2.43. The number of carbonyl (C=O) groups is 2. The molecule has 0 unspecified atom stereocenters. The first-order valence-electron chi connectivity index (χ1n) is 11.6. The third kappa shape index (κ3) is 4.97. The first-order valence-corrected chi connectivity index (χ1v) is 11.6. The Hall–Kier alpha value is -3.54. The van der Waals surface area contributed by atoms with Gasteiger partial charge in [0.2, 0.25) is 5.91 Å². The highest BCUT2D eigenvalue weighted by molar-refractivity contribution is 5.95. The van der Waals surface area contributed by atoms with Gasteiger partial charge in [0.1, 0.15) is 0 Å². The van der Waals surface area contributed by atoms with Gasteiger partial charge in [0.05, 0.1) is 23.1 Å². The summed E-state index contributed by atoms with van der Waals surface area (Å²) in [5.41, 5.74) is 6.18. The van der Waals surface area contributed by atoms with E-state index in [-0.39, 0.29) is 24.3 Å². The Labute approximate surface area is 202 Å². The molecule has 4 rings (SSSR count). The molecule has 0 aromatic heterocycles. The number of likely N-dealkylation sites (tertiary alicyclic amines) is 1. The number of aryl methyl sites for hydroxylation is 1. The average Bonchev–Trinajstić information content (AvgIpc) is 3.29. The van der Waals surface area contributed by atoms with Gasteiger partial charge in [0, 0.05) is 37.4 Å². The number of carbonyl (C=O) groups excluding carboxylic acids is 2. The molecular formula is C26H27F3N4O2. The summed E-state index contributed by atoms with van der Waals surface area (Å²) in [6.07, 6.45) is -3.26. The van der Waals surface area contributed by atoms with E-state index in [1.807, 2.05) is 36.1 Å². The van der Waals surface area contributed by atoms with E-state index < -0.39 is 29.1 Å². The smallest absolute Gasteiger partial charge is 0.370 e. The van der Waals surface area contributed by atoms with Crippen LogP contribution in [-0.4, -0.2) is 42.9 Å². The molecule has 0 spiro atoms. The van der Waals surface area contributed by atoms with E-state index >= 15 is 0 Å². The topological polar surface area (TPSA) is 90.4 Å². The number of nitrogens with zero attached hydrogens (tertiary/aromatic N) is 3. The molecule has 2 aliphatic heterocycles. The fourth-order valence-corrected chi connectivity index (χ4v) is 5.39. The molecule has 9 heteroatoms. The van der Waals surface area contributed by atoms with Crippen molar-refractivity contribution in [2.75, 3.05) is 31.1 Å². The van der Waals surface area contributed by atoms with Crippen LogP contribution in [0.5, 0.6) is 0 Å². The third-order valence-corrected chi connectivity index (χ3v) is 7.33. The standard InChI is InChI=1S/C26H27F3N4O2/c1-16-4-2-3-5-20(16)25(35)32-10-8-17(9-11-32)21-14-33(15-22(21)24(31)34)19-7-6-18(13-30)23(12-19)26(27,28)29/h2-7,12,17,21-22H,8-11,14-15H2,1H3,(H2,31,34)/t21-,22+/m0/s1. The minimum absolute atomic E-state index is 0.0155. The molecule has 184 valence electrons. The Morgan fingerprint density at radius 1 is 1.09 bits per heavy atom. The molecule has 0 aliphatic carbocycles. The van der Waals surface area contributed by atoms with Crippen molar-refractivity contribution in [1.29, 1.82) is 5.26 Å². The van der Waals surface area contributed by atoms with Gasteiger partial charge in [-0.1, -0.05) is 18.2 Å². The van der Waals surface area contributed by atoms with Crippen LogP contribution in [0.25, 0.3) is 0 Å². The maximum absolute atomic E-state index is 13.4. The summed E-state index contributed by atoms with van der Waals surface area (Å²) in [4.78, 5) is 28.8. The SMILES string of the molecule is Cc1ccccc1C(=O)N1CCC([C@@H]2CN(c3ccc(C#N)c(C(F)(F)F)c3)C[C@H]2C(N)=O)CC1. The molecule has 0 radical (unpaired) electrons. The van der Waals surface area contributed by atoms with Gasteiger partial charge in [-0.05, 0) is 61.4 Å². The number of hydrogen-bond acceptors (Lipinski definition) is 4. The lowest BCUT2D eigenvalue weighted by Gasteiger charge is -2.36. The first kappa shape index (κ1) is 24.6. The summed E-state index contributed by atoms with van der Waals surface area (Å²) in [6.45, 7) is 3.63. The molecule has 2 saturated heterocycles. The lowest BCUT2D eigenvalue weighted by molar-refractivity contribution is -0.137. The second kappa shape index (κ2) is 9.61. The molecular weight excluding hydrogens is 457 g/mol. The molecule has 2 fully saturated rings. The molecule has 2 aromatic carbocycles. The van der Waals surface area contributed by atoms with Crippen molar-refractivity contribution in [3.8, 4) is 6.07 Å². The summed E-state index contributed by atoms with van der Waals surface area (Å²) in [6, 6.07) is 12.7. The normalized spacial score (nSPS) is 21.1. The highest BCUT2D eigenvalue weighted by atomic mass is 19.4. The predicted octanol–water partition coefficient (Wildman–Crippen LogP) is 3.98. The number of primary amides is 1. The number of anilines is 1. The van der Waals surface area contributed by atoms with E-state index in [0.717, 1.165) is 11.6 Å². The highest BCUT2D eigenvalue weighted by Crippen LogP contribution is 2.40. The zero-order chi connectivity index (χ0) is 25.3. The Balaban J connectivity index is 1.48. The number of nitriles is 1. The molecule has 2 heterocycles. The van der Waals surface area contributed by atoms with Gasteiger partial charge in [0.15, 0.2) is 0 Å². The number of nitrogens with two attached hydrogens (primary N) is 1. The quantitative estimate of drug-likeness (QED) is 0.711. The van der Waals surface area contributed by atoms with Gasteiger partial charge in [-0.25, -0.2) is 0 Å². The van der Waals surface area contributed by atoms with E-state index in [0.29, 0.717) is 43.7 Å². The first-order chi connectivity index (χ1) is 16.6. The Morgan fingerprint density at radius 2 is 1.77 bits per heavy atom. The lowest BCUT2D eigenvalue weighted by atomic mass is 9.78. The van der Waals surface area contributed by atoms with Crippen molar-refractivity contribution in [3.05, 3.63) is 64.7 Å². The van der Waals surface area contributed by atoms with E-state index in [2.05, 4.69) is 0 Å². The number of benzene rings is 2. The van der Waals surface area contributed by atoms with Crippen LogP contribution in [-0.2, 0) is 11.0 Å². The average molecular weight is 485 g/mol. The zero-order valence-electron chi connectivity index (χ0n) is 19.4. The maximum Gasteiger partial charge on any atom is 0.417 e. The van der Waals surface area contributed by atoms with E-state index in [9.17, 15) is 22.8 Å². The van der Waals surface area contributed by atoms with Gasteiger partial charge in [-0.3, -0.25) is 9.59 Å². The molecule has 2 aliphatic rings. The summed E-state index contributed by atoms with van der Waals surface area (Å²) < 4.78 is 40.3. The fourth-order valence-electron chi connectivity index (χ4n) is 5.39. The van der Waals surface area contributed by atoms with Gasteiger partial charge >= 0.3 is 6.18 Å². The van der Waals surface area contributed by atoms with Crippen molar-refractivity contribution < 1.29 is 22.8 Å². The molecule has 6 nitrogen and oxygen atoms in total. The molecule has 2 N–H and O–H groups in total. The van der Waals surface area contributed by atoms with Crippen molar-refractivity contribution >= 4 is 17.5 Å². The van der Waals surface area contributed by atoms with Crippen molar-refractivity contribution in [2.45, 2.75) is 25.9 Å². The van der Waals surface area contributed by atoms with Gasteiger partial charge in [0.25, 0.3) is 5.91 Å². The molecule has 35 heavy (non-hydrogen) atoms. The van der Waals surface area contributed by atoms with Gasteiger partial charge < -0.3 is 15.5 Å². The largest absolute Gasteiger partial charge is 0.417 e. The Kier molecular flexibility index (Phi) is 6.75. The van der Waals surface area contributed by atoms with Gasteiger partial charge in [-0.15, -0.1) is 0 Å². The molecule has 0 bridgehead atoms. The Morgan fingerprint density at radius 3 is 2.37 bits per heavy atom. The summed E-state index contributed by atoms with van der Waals surface area (Å²) in [5.74, 6) is -0.977. The van der Waals surface area contributed by atoms with E-state index in [1.165, 1.54) is 12.1 Å². The molecule has 2 atom stereocenters. The van der Waals surface area contributed by atoms with Crippen LogP contribution in [0.3, 0.4) is 0 Å². The van der Waals surface area contributed by atoms with E-state index in [4.69, 9.17) is 11.0 Å². The lowest BCUT2D eigenvalue weighted by Crippen LogP contribution is -2.42. The minimum Gasteiger partial charge on any atom is -0.370 e. The number of alkyl halides is 3. The van der Waals surface area contributed by atoms with Crippen LogP contribution in [0, 0.1) is 36.0 Å². The predicted molar refractivity (Wildman–Crippen MR) is 124 cm³/mol. The monoisotopic (exact) mass is 484 g/mol. The summed E-state index contributed by atoms with van der Waals surface area (Å²) >= 11 is 0. The fraction of sp³-hybridized carbons (Fsp3) is 0.423. The number of piperidine rings is 1. The number of hydrogen-bond donors (Lipinski definition) is 1. The maximum atomic E-state index is 13.4. The van der Waals surface area contributed by atoms with Crippen molar-refractivity contribution in [1.82, 2.24) is 4.90 Å². The third-order valence-electron chi connectivity index (χ3n) is 7.33. The number of halogens is 3.